The van der Waals surface area contributed by atoms with Gasteiger partial charge >= 0.3 is 17.9 Å². The highest BCUT2D eigenvalue weighted by molar-refractivity contribution is 5.96. The van der Waals surface area contributed by atoms with E-state index < -0.39 is 35.8 Å². The first-order valence-electron chi connectivity index (χ1n) is 6.46. The van der Waals surface area contributed by atoms with E-state index in [1.807, 2.05) is 0 Å². The molecule has 2 rings (SSSR count). The molecular formula is C15H16O6. The molecule has 1 aromatic rings. The molecule has 1 heterocycles. The summed E-state index contributed by atoms with van der Waals surface area (Å²) in [7, 11) is 2.39. The van der Waals surface area contributed by atoms with Crippen molar-refractivity contribution in [1.82, 2.24) is 0 Å². The third-order valence-corrected chi connectivity index (χ3v) is 3.63. The fourth-order valence-electron chi connectivity index (χ4n) is 2.52. The van der Waals surface area contributed by atoms with Gasteiger partial charge in [0.15, 0.2) is 5.92 Å². The Balaban J connectivity index is 2.34. The minimum atomic E-state index is -1.15. The largest absolute Gasteiger partial charge is 0.468 e. The number of carbonyl (C=O) groups excluding carboxylic acids is 3. The number of fused-ring (bicyclic) bond motifs is 1. The quantitative estimate of drug-likeness (QED) is 0.475. The lowest BCUT2D eigenvalue weighted by Gasteiger charge is -2.24. The Labute approximate surface area is 122 Å². The molecule has 0 bridgehead atoms. The lowest BCUT2D eigenvalue weighted by Crippen LogP contribution is -2.35. The number of methoxy groups -OCH3 is 2. The monoisotopic (exact) mass is 292 g/mol. The van der Waals surface area contributed by atoms with Crippen molar-refractivity contribution in [3.8, 4) is 0 Å². The predicted molar refractivity (Wildman–Crippen MR) is 71.3 cm³/mol. The van der Waals surface area contributed by atoms with Crippen molar-refractivity contribution in [3.05, 3.63) is 35.4 Å². The molecule has 1 aromatic carbocycles. The Morgan fingerprint density at radius 2 is 1.71 bits per heavy atom. The van der Waals surface area contributed by atoms with Crippen molar-refractivity contribution >= 4 is 17.9 Å². The van der Waals surface area contributed by atoms with E-state index in [1.165, 1.54) is 14.2 Å². The molecule has 0 aliphatic carbocycles. The Bertz CT molecular complexity index is 563. The molecule has 0 saturated heterocycles. The Morgan fingerprint density at radius 3 is 2.29 bits per heavy atom. The number of esters is 3. The van der Waals surface area contributed by atoms with Crippen LogP contribution in [0, 0.1) is 11.8 Å². The number of hydrogen-bond donors (Lipinski definition) is 0. The molecule has 0 spiro atoms. The lowest BCUT2D eigenvalue weighted by molar-refractivity contribution is -0.163. The van der Waals surface area contributed by atoms with E-state index in [2.05, 4.69) is 9.47 Å². The van der Waals surface area contributed by atoms with Crippen LogP contribution in [0.5, 0.6) is 0 Å². The summed E-state index contributed by atoms with van der Waals surface area (Å²) >= 11 is 0. The first-order chi connectivity index (χ1) is 10.0. The molecule has 6 heteroatoms. The van der Waals surface area contributed by atoms with Gasteiger partial charge in [0.25, 0.3) is 0 Å². The average Bonchev–Trinajstić information content (AvgIpc) is 2.84. The molecule has 1 aliphatic heterocycles. The molecular weight excluding hydrogens is 276 g/mol. The minimum Gasteiger partial charge on any atom is -0.468 e. The van der Waals surface area contributed by atoms with Crippen LogP contribution in [0.2, 0.25) is 0 Å². The Morgan fingerprint density at radius 1 is 1.14 bits per heavy atom. The zero-order valence-corrected chi connectivity index (χ0v) is 12.0. The van der Waals surface area contributed by atoms with Crippen LogP contribution in [0.15, 0.2) is 24.3 Å². The van der Waals surface area contributed by atoms with Gasteiger partial charge in [-0.15, -0.1) is 0 Å². The molecule has 1 aliphatic rings. The van der Waals surface area contributed by atoms with Gasteiger partial charge in [0, 0.05) is 11.5 Å². The highest BCUT2D eigenvalue weighted by Crippen LogP contribution is 2.39. The van der Waals surface area contributed by atoms with Crippen LogP contribution in [0.3, 0.4) is 0 Å². The minimum absolute atomic E-state index is 0.447. The van der Waals surface area contributed by atoms with Crippen LogP contribution >= 0.6 is 0 Å². The topological polar surface area (TPSA) is 78.9 Å². The standard InChI is InChI=1S/C15H16O6/c1-8(11(14(17)19-2)15(18)20-3)12-9-6-4-5-7-10(9)13(16)21-12/h4-8,11-12H,1-3H3. The number of ether oxygens (including phenoxy) is 3. The highest BCUT2D eigenvalue weighted by atomic mass is 16.6. The second kappa shape index (κ2) is 5.95. The Hall–Kier alpha value is -2.37. The van der Waals surface area contributed by atoms with Gasteiger partial charge in [-0.05, 0) is 6.07 Å². The smallest absolute Gasteiger partial charge is 0.339 e. The normalized spacial score (nSPS) is 17.9. The maximum Gasteiger partial charge on any atom is 0.339 e. The van der Waals surface area contributed by atoms with Crippen molar-refractivity contribution < 1.29 is 28.6 Å². The van der Waals surface area contributed by atoms with Crippen molar-refractivity contribution in [3.63, 3.8) is 0 Å². The van der Waals surface area contributed by atoms with Crippen LogP contribution in [-0.4, -0.2) is 32.1 Å². The second-order valence-corrected chi connectivity index (χ2v) is 4.80. The van der Waals surface area contributed by atoms with Gasteiger partial charge in [0.1, 0.15) is 6.10 Å². The number of carbonyl (C=O) groups is 3. The summed E-state index contributed by atoms with van der Waals surface area (Å²) in [4.78, 5) is 35.5. The zero-order valence-electron chi connectivity index (χ0n) is 12.0. The molecule has 2 unspecified atom stereocenters. The fraction of sp³-hybridized carbons (Fsp3) is 0.400. The average molecular weight is 292 g/mol. The molecule has 0 aromatic heterocycles. The maximum absolute atomic E-state index is 11.8. The van der Waals surface area contributed by atoms with Crippen molar-refractivity contribution in [2.24, 2.45) is 11.8 Å². The van der Waals surface area contributed by atoms with E-state index in [0.717, 1.165) is 0 Å². The van der Waals surface area contributed by atoms with Crippen LogP contribution in [0.4, 0.5) is 0 Å². The van der Waals surface area contributed by atoms with Gasteiger partial charge in [0.05, 0.1) is 19.8 Å². The number of rotatable bonds is 4. The summed E-state index contributed by atoms with van der Waals surface area (Å²) in [6.07, 6.45) is -0.683. The maximum atomic E-state index is 11.8. The van der Waals surface area contributed by atoms with E-state index in [9.17, 15) is 14.4 Å². The number of benzene rings is 1. The molecule has 112 valence electrons. The van der Waals surface area contributed by atoms with E-state index in [1.54, 1.807) is 31.2 Å². The third-order valence-electron chi connectivity index (χ3n) is 3.63. The molecule has 21 heavy (non-hydrogen) atoms. The summed E-state index contributed by atoms with van der Waals surface area (Å²) < 4.78 is 14.6. The van der Waals surface area contributed by atoms with Crippen LogP contribution < -0.4 is 0 Å². The number of cyclic esters (lactones) is 1. The summed E-state index contributed by atoms with van der Waals surface area (Å²) in [6.45, 7) is 1.65. The lowest BCUT2D eigenvalue weighted by atomic mass is 9.85. The summed E-state index contributed by atoms with van der Waals surface area (Å²) in [6, 6.07) is 6.89. The first kappa shape index (κ1) is 15.0. The van der Waals surface area contributed by atoms with E-state index in [-0.39, 0.29) is 0 Å². The SMILES string of the molecule is COC(=O)C(C(=O)OC)C(C)C1OC(=O)c2ccccc21. The van der Waals surface area contributed by atoms with E-state index in [0.29, 0.717) is 11.1 Å². The van der Waals surface area contributed by atoms with Crippen LogP contribution in [0.1, 0.15) is 28.9 Å². The summed E-state index contributed by atoms with van der Waals surface area (Å²) in [5, 5.41) is 0. The van der Waals surface area contributed by atoms with Gasteiger partial charge < -0.3 is 14.2 Å². The predicted octanol–water partition coefficient (Wildman–Crippen LogP) is 1.50. The fourth-order valence-corrected chi connectivity index (χ4v) is 2.52. The van der Waals surface area contributed by atoms with Crippen molar-refractivity contribution in [2.75, 3.05) is 14.2 Å². The molecule has 0 fully saturated rings. The van der Waals surface area contributed by atoms with E-state index in [4.69, 9.17) is 4.74 Å². The first-order valence-corrected chi connectivity index (χ1v) is 6.46. The summed E-state index contributed by atoms with van der Waals surface area (Å²) in [5.41, 5.74) is 1.11. The van der Waals surface area contributed by atoms with Crippen LogP contribution in [-0.2, 0) is 23.8 Å². The van der Waals surface area contributed by atoms with Gasteiger partial charge in [0.2, 0.25) is 0 Å². The molecule has 0 amide bonds. The summed E-state index contributed by atoms with van der Waals surface area (Å²) in [5.74, 6) is -3.64. The van der Waals surface area contributed by atoms with Gasteiger partial charge in [-0.2, -0.15) is 0 Å². The molecule has 2 atom stereocenters. The van der Waals surface area contributed by atoms with Gasteiger partial charge in [-0.25, -0.2) is 4.79 Å². The van der Waals surface area contributed by atoms with Gasteiger partial charge in [-0.3, -0.25) is 9.59 Å². The molecule has 6 nitrogen and oxygen atoms in total. The molecule has 0 saturated carbocycles. The van der Waals surface area contributed by atoms with Crippen LogP contribution in [0.25, 0.3) is 0 Å². The second-order valence-electron chi connectivity index (χ2n) is 4.80. The molecule has 0 radical (unpaired) electrons. The van der Waals surface area contributed by atoms with Crippen molar-refractivity contribution in [1.29, 1.82) is 0 Å². The molecule has 0 N–H and O–H groups in total. The van der Waals surface area contributed by atoms with Crippen molar-refractivity contribution in [2.45, 2.75) is 13.0 Å². The highest BCUT2D eigenvalue weighted by Gasteiger charge is 2.44. The van der Waals surface area contributed by atoms with E-state index >= 15 is 0 Å². The number of hydrogen-bond acceptors (Lipinski definition) is 6. The zero-order chi connectivity index (χ0) is 15.6. The van der Waals surface area contributed by atoms with Gasteiger partial charge in [-0.1, -0.05) is 25.1 Å². The Kier molecular flexibility index (Phi) is 4.26. The third kappa shape index (κ3) is 2.61.